The highest BCUT2D eigenvalue weighted by molar-refractivity contribution is 6.03. The minimum atomic E-state index is -1.91. The minimum absolute atomic E-state index is 0.0472. The zero-order valence-corrected chi connectivity index (χ0v) is 21.0. The first kappa shape index (κ1) is 26.0. The molecular formula is C26H26N6O7. The Labute approximate surface area is 221 Å². The van der Waals surface area contributed by atoms with Gasteiger partial charge in [0.25, 0.3) is 5.56 Å². The second-order valence-corrected chi connectivity index (χ2v) is 9.28. The first-order chi connectivity index (χ1) is 18.7. The molecule has 13 nitrogen and oxygen atoms in total. The topological polar surface area (TPSA) is 195 Å². The van der Waals surface area contributed by atoms with Crippen molar-refractivity contribution in [3.8, 4) is 11.4 Å². The summed E-state index contributed by atoms with van der Waals surface area (Å²) in [4.78, 5) is 65.9. The van der Waals surface area contributed by atoms with E-state index in [1.54, 1.807) is 31.2 Å². The fourth-order valence-electron chi connectivity index (χ4n) is 4.80. The molecule has 0 radical (unpaired) electrons. The molecule has 1 aromatic carbocycles. The first-order valence-corrected chi connectivity index (χ1v) is 12.3. The summed E-state index contributed by atoms with van der Waals surface area (Å²) in [6, 6.07) is 8.61. The van der Waals surface area contributed by atoms with Crippen molar-refractivity contribution in [2.24, 2.45) is 5.73 Å². The first-order valence-electron chi connectivity index (χ1n) is 12.3. The molecule has 4 heterocycles. The van der Waals surface area contributed by atoms with Gasteiger partial charge in [-0.1, -0.05) is 13.0 Å². The molecule has 0 fully saturated rings. The Hall–Kier alpha value is -4.62. The summed E-state index contributed by atoms with van der Waals surface area (Å²) in [6.07, 6.45) is 0.0472. The van der Waals surface area contributed by atoms with E-state index in [-0.39, 0.29) is 55.9 Å². The lowest BCUT2D eigenvalue weighted by Crippen LogP contribution is -2.44. The lowest BCUT2D eigenvalue weighted by Gasteiger charge is -2.31. The van der Waals surface area contributed by atoms with Crippen LogP contribution in [-0.2, 0) is 42.7 Å². The van der Waals surface area contributed by atoms with Gasteiger partial charge in [0.2, 0.25) is 17.7 Å². The quantitative estimate of drug-likeness (QED) is 0.189. The van der Waals surface area contributed by atoms with E-state index in [0.29, 0.717) is 28.0 Å². The molecule has 0 aliphatic carbocycles. The number of fused-ring (bicyclic) bond motifs is 5. The lowest BCUT2D eigenvalue weighted by molar-refractivity contribution is -0.172. The van der Waals surface area contributed by atoms with Crippen LogP contribution in [0.25, 0.3) is 22.3 Å². The number of carbonyl (C=O) groups is 4. The molecule has 0 saturated carbocycles. The zero-order chi connectivity index (χ0) is 27.9. The number of hydrogen-bond acceptors (Lipinski definition) is 9. The van der Waals surface area contributed by atoms with Crippen LogP contribution < -0.4 is 27.2 Å². The Morgan fingerprint density at radius 1 is 1.13 bits per heavy atom. The summed E-state index contributed by atoms with van der Waals surface area (Å²) in [5.41, 5.74) is 6.11. The molecule has 0 bridgehead atoms. The number of nitrogens with one attached hydrogen (secondary N) is 3. The van der Waals surface area contributed by atoms with Crippen LogP contribution in [0.1, 0.15) is 30.0 Å². The van der Waals surface area contributed by atoms with Gasteiger partial charge in [-0.15, -0.1) is 0 Å². The van der Waals surface area contributed by atoms with E-state index in [2.05, 4.69) is 16.0 Å². The molecule has 6 N–H and O–H groups in total. The molecule has 2 aromatic heterocycles. The summed E-state index contributed by atoms with van der Waals surface area (Å²) in [5.74, 6) is -2.31. The molecule has 202 valence electrons. The van der Waals surface area contributed by atoms with E-state index >= 15 is 0 Å². The number of aromatic nitrogens is 2. The normalized spacial score (nSPS) is 17.1. The number of amides is 3. The van der Waals surface area contributed by atoms with Crippen molar-refractivity contribution in [1.82, 2.24) is 20.2 Å². The number of benzene rings is 1. The number of aliphatic hydroxyl groups is 1. The molecular weight excluding hydrogens is 508 g/mol. The Balaban J connectivity index is 1.42. The predicted octanol–water partition coefficient (Wildman–Crippen LogP) is -0.791. The van der Waals surface area contributed by atoms with Gasteiger partial charge in [-0.3, -0.25) is 19.2 Å². The number of carbonyl (C=O) groups excluding carboxylic acids is 4. The van der Waals surface area contributed by atoms with Crippen molar-refractivity contribution in [3.63, 3.8) is 0 Å². The summed E-state index contributed by atoms with van der Waals surface area (Å²) < 4.78 is 6.63. The molecule has 3 amide bonds. The molecule has 39 heavy (non-hydrogen) atoms. The Kier molecular flexibility index (Phi) is 6.62. The van der Waals surface area contributed by atoms with Crippen molar-refractivity contribution >= 4 is 40.3 Å². The van der Waals surface area contributed by atoms with Crippen molar-refractivity contribution < 1.29 is 29.0 Å². The summed E-state index contributed by atoms with van der Waals surface area (Å²) in [5, 5.41) is 19.1. The van der Waals surface area contributed by atoms with Gasteiger partial charge in [-0.25, -0.2) is 9.78 Å². The number of nitrogens with zero attached hydrogens (tertiary/aromatic N) is 2. The number of hydrogen-bond donors (Lipinski definition) is 5. The molecule has 3 aromatic rings. The maximum absolute atomic E-state index is 13.3. The van der Waals surface area contributed by atoms with E-state index in [4.69, 9.17) is 15.5 Å². The highest BCUT2D eigenvalue weighted by Gasteiger charge is 2.45. The predicted molar refractivity (Wildman–Crippen MR) is 138 cm³/mol. The number of anilines is 1. The molecule has 13 heteroatoms. The van der Waals surface area contributed by atoms with Gasteiger partial charge in [-0.05, 0) is 30.7 Å². The lowest BCUT2D eigenvalue weighted by atomic mass is 9.86. The van der Waals surface area contributed by atoms with Gasteiger partial charge in [-0.2, -0.15) is 0 Å². The van der Waals surface area contributed by atoms with Crippen LogP contribution >= 0.6 is 0 Å². The number of pyridine rings is 2. The Bertz CT molecular complexity index is 1610. The largest absolute Gasteiger partial charge is 0.458 e. The smallest absolute Gasteiger partial charge is 0.343 e. The fourth-order valence-corrected chi connectivity index (χ4v) is 4.80. The average Bonchev–Trinajstić information content (AvgIpc) is 3.29. The highest BCUT2D eigenvalue weighted by Crippen LogP contribution is 2.39. The van der Waals surface area contributed by atoms with Crippen molar-refractivity contribution in [2.45, 2.75) is 32.1 Å². The Morgan fingerprint density at radius 3 is 2.62 bits per heavy atom. The third-order valence-electron chi connectivity index (χ3n) is 6.90. The molecule has 5 rings (SSSR count). The van der Waals surface area contributed by atoms with E-state index in [9.17, 15) is 29.1 Å². The third-order valence-corrected chi connectivity index (χ3v) is 6.90. The summed E-state index contributed by atoms with van der Waals surface area (Å²) >= 11 is 0. The van der Waals surface area contributed by atoms with Gasteiger partial charge in [0.1, 0.15) is 6.61 Å². The highest BCUT2D eigenvalue weighted by atomic mass is 16.6. The van der Waals surface area contributed by atoms with Gasteiger partial charge in [0, 0.05) is 16.5 Å². The second-order valence-electron chi connectivity index (χ2n) is 9.28. The number of rotatable bonds is 7. The average molecular weight is 535 g/mol. The van der Waals surface area contributed by atoms with Crippen LogP contribution in [0.15, 0.2) is 35.1 Å². The SMILES string of the molecule is CC[C@@]1(O)C(=O)OCc2c1cc1n(c2=O)Cc2cc3c(NC(=O)CNC(=O)CNC(=O)CN)cccc3nc2-1. The van der Waals surface area contributed by atoms with E-state index in [1.165, 1.54) is 4.57 Å². The third kappa shape index (κ3) is 4.51. The van der Waals surface area contributed by atoms with Gasteiger partial charge < -0.3 is 36.1 Å². The van der Waals surface area contributed by atoms with Crippen LogP contribution in [0.5, 0.6) is 0 Å². The van der Waals surface area contributed by atoms with Crippen LogP contribution in [0.3, 0.4) is 0 Å². The van der Waals surface area contributed by atoms with E-state index < -0.39 is 29.3 Å². The van der Waals surface area contributed by atoms with Gasteiger partial charge in [0.05, 0.1) is 54.3 Å². The standard InChI is InChI=1S/C26H26N6O7/c1-2-26(38)16-7-19-23-13(11-32(19)24(36)15(16)12-39-25(26)37)6-14-17(4-3-5-18(14)31-23)30-22(35)10-29-21(34)9-28-20(33)8-27/h3-7,38H,2,8-12,27H2,1H3,(H,28,33)(H,29,34)(H,30,35)/t26-/m0/s1. The summed E-state index contributed by atoms with van der Waals surface area (Å²) in [6.45, 7) is 0.774. The fraction of sp³-hybridized carbons (Fsp3) is 0.308. The molecule has 2 aliphatic rings. The second kappa shape index (κ2) is 9.93. The van der Waals surface area contributed by atoms with E-state index in [0.717, 1.165) is 5.56 Å². The Morgan fingerprint density at radius 2 is 1.87 bits per heavy atom. The van der Waals surface area contributed by atoms with Crippen LogP contribution in [0.4, 0.5) is 5.69 Å². The van der Waals surface area contributed by atoms with Crippen LogP contribution in [0.2, 0.25) is 0 Å². The van der Waals surface area contributed by atoms with Gasteiger partial charge >= 0.3 is 5.97 Å². The summed E-state index contributed by atoms with van der Waals surface area (Å²) in [7, 11) is 0. The van der Waals surface area contributed by atoms with Crippen LogP contribution in [0, 0.1) is 0 Å². The zero-order valence-electron chi connectivity index (χ0n) is 21.0. The van der Waals surface area contributed by atoms with E-state index in [1.807, 2.05) is 6.07 Å². The molecule has 1 atom stereocenters. The number of ether oxygens (including phenoxy) is 1. The molecule has 2 aliphatic heterocycles. The number of cyclic esters (lactones) is 1. The van der Waals surface area contributed by atoms with Crippen molar-refractivity contribution in [2.75, 3.05) is 25.0 Å². The van der Waals surface area contributed by atoms with Gasteiger partial charge in [0.15, 0.2) is 5.60 Å². The van der Waals surface area contributed by atoms with Crippen molar-refractivity contribution in [3.05, 3.63) is 57.4 Å². The molecule has 0 unspecified atom stereocenters. The minimum Gasteiger partial charge on any atom is -0.458 e. The number of esters is 1. The maximum Gasteiger partial charge on any atom is 0.343 e. The monoisotopic (exact) mass is 534 g/mol. The maximum atomic E-state index is 13.3. The number of nitrogens with two attached hydrogens (primary N) is 1. The molecule has 0 saturated heterocycles. The van der Waals surface area contributed by atoms with Crippen molar-refractivity contribution in [1.29, 1.82) is 0 Å². The van der Waals surface area contributed by atoms with Crippen LogP contribution in [-0.4, -0.2) is 58.0 Å². The molecule has 0 spiro atoms.